The van der Waals surface area contributed by atoms with E-state index in [0.29, 0.717) is 17.9 Å². The van der Waals surface area contributed by atoms with E-state index in [2.05, 4.69) is 55.7 Å². The molecule has 2 amide bonds. The molecule has 5 heteroatoms. The third kappa shape index (κ3) is 6.04. The van der Waals surface area contributed by atoms with Crippen LogP contribution < -0.4 is 15.5 Å². The third-order valence-electron chi connectivity index (χ3n) is 7.61. The summed E-state index contributed by atoms with van der Waals surface area (Å²) in [6.45, 7) is 9.37. The first-order valence-electron chi connectivity index (χ1n) is 13.6. The molecule has 0 aliphatic carbocycles. The Morgan fingerprint density at radius 2 is 1.54 bits per heavy atom. The number of nitrogens with one attached hydrogen (secondary N) is 2. The minimum atomic E-state index is 0.00784. The van der Waals surface area contributed by atoms with Gasteiger partial charge >= 0.3 is 0 Å². The lowest BCUT2D eigenvalue weighted by Crippen LogP contribution is -2.43. The SMILES string of the molecule is CCC(=O)Nc1ccc(C2CC(C)N(C(=O)c3ccc(NCC(CC)CC)cc3)c3ccccc32)cc1. The van der Waals surface area contributed by atoms with Crippen LogP contribution in [0.3, 0.4) is 0 Å². The van der Waals surface area contributed by atoms with Crippen molar-refractivity contribution in [2.45, 2.75) is 65.3 Å². The van der Waals surface area contributed by atoms with Crippen molar-refractivity contribution in [3.05, 3.63) is 89.5 Å². The van der Waals surface area contributed by atoms with Crippen LogP contribution >= 0.6 is 0 Å². The zero-order valence-electron chi connectivity index (χ0n) is 22.5. The average Bonchev–Trinajstić information content (AvgIpc) is 2.93. The quantitative estimate of drug-likeness (QED) is 0.323. The number of anilines is 3. The second-order valence-corrected chi connectivity index (χ2v) is 10.0. The van der Waals surface area contributed by atoms with Crippen molar-refractivity contribution in [2.24, 2.45) is 5.92 Å². The summed E-state index contributed by atoms with van der Waals surface area (Å²) in [7, 11) is 0. The summed E-state index contributed by atoms with van der Waals surface area (Å²) >= 11 is 0. The lowest BCUT2D eigenvalue weighted by Gasteiger charge is -2.39. The molecular formula is C32H39N3O2. The van der Waals surface area contributed by atoms with Crippen LogP contribution in [0, 0.1) is 5.92 Å². The molecule has 1 heterocycles. The van der Waals surface area contributed by atoms with Crippen LogP contribution in [0.5, 0.6) is 0 Å². The van der Waals surface area contributed by atoms with E-state index in [0.717, 1.165) is 48.4 Å². The molecule has 0 aromatic heterocycles. The van der Waals surface area contributed by atoms with Crippen LogP contribution in [0.1, 0.15) is 80.8 Å². The van der Waals surface area contributed by atoms with E-state index in [1.54, 1.807) is 0 Å². The fourth-order valence-corrected chi connectivity index (χ4v) is 5.20. The number of carbonyl (C=O) groups excluding carboxylic acids is 2. The molecule has 1 aliphatic rings. The highest BCUT2D eigenvalue weighted by Crippen LogP contribution is 2.42. The van der Waals surface area contributed by atoms with Gasteiger partial charge in [-0.3, -0.25) is 9.59 Å². The molecule has 2 N–H and O–H groups in total. The van der Waals surface area contributed by atoms with Gasteiger partial charge in [-0.05, 0) is 72.9 Å². The number of benzene rings is 3. The number of amides is 2. The zero-order chi connectivity index (χ0) is 26.4. The van der Waals surface area contributed by atoms with Gasteiger partial charge in [0.25, 0.3) is 5.91 Å². The van der Waals surface area contributed by atoms with Crippen LogP contribution in [0.25, 0.3) is 0 Å². The monoisotopic (exact) mass is 497 g/mol. The molecule has 194 valence electrons. The Balaban J connectivity index is 1.54. The van der Waals surface area contributed by atoms with Gasteiger partial charge in [-0.25, -0.2) is 0 Å². The maximum Gasteiger partial charge on any atom is 0.258 e. The van der Waals surface area contributed by atoms with Crippen molar-refractivity contribution in [3.63, 3.8) is 0 Å². The Bertz CT molecular complexity index is 1200. The first-order valence-corrected chi connectivity index (χ1v) is 13.6. The Kier molecular flexibility index (Phi) is 8.65. The number of rotatable bonds is 9. The van der Waals surface area contributed by atoms with Crippen molar-refractivity contribution in [2.75, 3.05) is 22.1 Å². The van der Waals surface area contributed by atoms with E-state index in [1.807, 2.05) is 60.4 Å². The number of carbonyl (C=O) groups is 2. The van der Waals surface area contributed by atoms with Crippen LogP contribution in [-0.4, -0.2) is 24.4 Å². The van der Waals surface area contributed by atoms with Gasteiger partial charge < -0.3 is 15.5 Å². The minimum absolute atomic E-state index is 0.00784. The Hall–Kier alpha value is -3.60. The first-order chi connectivity index (χ1) is 17.9. The molecular weight excluding hydrogens is 458 g/mol. The van der Waals surface area contributed by atoms with Gasteiger partial charge in [-0.1, -0.05) is 63.9 Å². The van der Waals surface area contributed by atoms with Crippen LogP contribution in [0.15, 0.2) is 72.8 Å². The lowest BCUT2D eigenvalue weighted by atomic mass is 9.81. The van der Waals surface area contributed by atoms with Gasteiger partial charge in [0.1, 0.15) is 0 Å². The Morgan fingerprint density at radius 3 is 2.19 bits per heavy atom. The van der Waals surface area contributed by atoms with Gasteiger partial charge in [0.15, 0.2) is 0 Å². The molecule has 0 radical (unpaired) electrons. The van der Waals surface area contributed by atoms with E-state index < -0.39 is 0 Å². The van der Waals surface area contributed by atoms with Crippen molar-refractivity contribution in [1.29, 1.82) is 0 Å². The Morgan fingerprint density at radius 1 is 0.892 bits per heavy atom. The van der Waals surface area contributed by atoms with Crippen LogP contribution in [0.4, 0.5) is 17.1 Å². The van der Waals surface area contributed by atoms with Gasteiger partial charge in [0.05, 0.1) is 0 Å². The van der Waals surface area contributed by atoms with Crippen molar-refractivity contribution in [1.82, 2.24) is 0 Å². The fraction of sp³-hybridized carbons (Fsp3) is 0.375. The molecule has 2 unspecified atom stereocenters. The molecule has 0 saturated carbocycles. The Labute approximate surface area is 221 Å². The highest BCUT2D eigenvalue weighted by atomic mass is 16.2. The van der Waals surface area contributed by atoms with Gasteiger partial charge in [-0.2, -0.15) is 0 Å². The van der Waals surface area contributed by atoms with E-state index in [-0.39, 0.29) is 23.8 Å². The van der Waals surface area contributed by atoms with Crippen LogP contribution in [-0.2, 0) is 4.79 Å². The number of hydrogen-bond donors (Lipinski definition) is 2. The summed E-state index contributed by atoms with van der Waals surface area (Å²) in [6, 6.07) is 24.3. The second kappa shape index (κ2) is 12.1. The van der Waals surface area contributed by atoms with Crippen molar-refractivity contribution in [3.8, 4) is 0 Å². The molecule has 0 fully saturated rings. The highest BCUT2D eigenvalue weighted by Gasteiger charge is 2.34. The molecule has 37 heavy (non-hydrogen) atoms. The first kappa shape index (κ1) is 26.5. The number of nitrogens with zero attached hydrogens (tertiary/aromatic N) is 1. The summed E-state index contributed by atoms with van der Waals surface area (Å²) in [5.74, 6) is 0.880. The van der Waals surface area contributed by atoms with Gasteiger partial charge in [0.2, 0.25) is 5.91 Å². The van der Waals surface area contributed by atoms with E-state index in [1.165, 1.54) is 5.56 Å². The highest BCUT2D eigenvalue weighted by molar-refractivity contribution is 6.07. The van der Waals surface area contributed by atoms with Crippen molar-refractivity contribution < 1.29 is 9.59 Å². The predicted octanol–water partition coefficient (Wildman–Crippen LogP) is 7.45. The summed E-state index contributed by atoms with van der Waals surface area (Å²) < 4.78 is 0. The minimum Gasteiger partial charge on any atom is -0.385 e. The topological polar surface area (TPSA) is 61.4 Å². The summed E-state index contributed by atoms with van der Waals surface area (Å²) in [5, 5.41) is 6.43. The maximum atomic E-state index is 13.7. The third-order valence-corrected chi connectivity index (χ3v) is 7.61. The normalized spacial score (nSPS) is 16.8. The molecule has 3 aromatic rings. The second-order valence-electron chi connectivity index (χ2n) is 10.0. The zero-order valence-corrected chi connectivity index (χ0v) is 22.5. The largest absolute Gasteiger partial charge is 0.385 e. The molecule has 4 rings (SSSR count). The molecule has 0 bridgehead atoms. The lowest BCUT2D eigenvalue weighted by molar-refractivity contribution is -0.115. The average molecular weight is 498 g/mol. The molecule has 2 atom stereocenters. The number of para-hydroxylation sites is 1. The van der Waals surface area contributed by atoms with E-state index >= 15 is 0 Å². The summed E-state index contributed by atoms with van der Waals surface area (Å²) in [4.78, 5) is 27.4. The molecule has 3 aromatic carbocycles. The molecule has 0 spiro atoms. The molecule has 0 saturated heterocycles. The van der Waals surface area contributed by atoms with Crippen LogP contribution in [0.2, 0.25) is 0 Å². The maximum absolute atomic E-state index is 13.7. The predicted molar refractivity (Wildman–Crippen MR) is 154 cm³/mol. The number of hydrogen-bond acceptors (Lipinski definition) is 3. The van der Waals surface area contributed by atoms with E-state index in [9.17, 15) is 9.59 Å². The van der Waals surface area contributed by atoms with Crippen molar-refractivity contribution >= 4 is 28.9 Å². The summed E-state index contributed by atoms with van der Waals surface area (Å²) in [5.41, 5.74) is 5.87. The van der Waals surface area contributed by atoms with Gasteiger partial charge in [-0.15, -0.1) is 0 Å². The molecule has 1 aliphatic heterocycles. The fourth-order valence-electron chi connectivity index (χ4n) is 5.20. The summed E-state index contributed by atoms with van der Waals surface area (Å²) in [6.07, 6.45) is 3.61. The number of fused-ring (bicyclic) bond motifs is 1. The van der Waals surface area contributed by atoms with E-state index in [4.69, 9.17) is 0 Å². The van der Waals surface area contributed by atoms with Gasteiger partial charge in [0, 0.05) is 47.6 Å². The smallest absolute Gasteiger partial charge is 0.258 e. The molecule has 5 nitrogen and oxygen atoms in total. The standard InChI is InChI=1S/C32H39N3O2/c1-5-23(6-2)21-33-26-16-14-25(15-17-26)32(37)35-22(4)20-29(28-10-8-9-11-30(28)35)24-12-18-27(19-13-24)34-31(36)7-3/h8-19,22-23,29,33H,5-7,20-21H2,1-4H3,(H,34,36).